The number of guanidine groups is 1. The van der Waals surface area contributed by atoms with Crippen molar-refractivity contribution in [3.8, 4) is 0 Å². The summed E-state index contributed by atoms with van der Waals surface area (Å²) in [4.78, 5) is 6.30. The molecule has 1 heterocycles. The fourth-order valence-corrected chi connectivity index (χ4v) is 1.13. The molecule has 1 aliphatic rings. The van der Waals surface area contributed by atoms with Gasteiger partial charge in [0.1, 0.15) is 13.0 Å². The smallest absolute Gasteiger partial charge is 0.319 e. The van der Waals surface area contributed by atoms with Crippen LogP contribution >= 0.6 is 0 Å². The van der Waals surface area contributed by atoms with Crippen molar-refractivity contribution < 1.29 is 26.3 Å². The van der Waals surface area contributed by atoms with Crippen LogP contribution < -0.4 is 16.4 Å². The molecule has 0 aromatic heterocycles. The molecule has 0 fully saturated rings. The summed E-state index contributed by atoms with van der Waals surface area (Å²) < 4.78 is 72.1. The van der Waals surface area contributed by atoms with E-state index in [4.69, 9.17) is 5.73 Å². The van der Waals surface area contributed by atoms with Crippen molar-refractivity contribution in [2.45, 2.75) is 24.6 Å². The molecule has 0 saturated heterocycles. The standard InChI is InChI=1S/C7H9F6N5/c8-5(9,10)1-7(14)17-3-16-4(18-7)15-2-6(11,12)13/h3H,1-2,14H2,(H2,15,16,17,18). The van der Waals surface area contributed by atoms with Gasteiger partial charge in [0.15, 0.2) is 11.7 Å². The number of aliphatic imine (C=N–C) groups is 2. The van der Waals surface area contributed by atoms with E-state index in [2.05, 4.69) is 15.3 Å². The highest BCUT2D eigenvalue weighted by Gasteiger charge is 2.41. The number of hydrogen-bond acceptors (Lipinski definition) is 3. The summed E-state index contributed by atoms with van der Waals surface area (Å²) in [7, 11) is 0. The summed E-state index contributed by atoms with van der Waals surface area (Å²) >= 11 is 0. The van der Waals surface area contributed by atoms with Crippen LogP contribution in [0.2, 0.25) is 0 Å². The molecule has 1 rings (SSSR count). The first-order valence-corrected chi connectivity index (χ1v) is 4.54. The lowest BCUT2D eigenvalue weighted by Crippen LogP contribution is -2.62. The number of nitrogens with zero attached hydrogens (tertiary/aromatic N) is 2. The third-order valence-corrected chi connectivity index (χ3v) is 1.72. The molecule has 0 aliphatic carbocycles. The Hall–Kier alpha value is -1.52. The third kappa shape index (κ3) is 5.21. The van der Waals surface area contributed by atoms with Crippen molar-refractivity contribution in [2.75, 3.05) is 6.54 Å². The van der Waals surface area contributed by atoms with Gasteiger partial charge < -0.3 is 10.6 Å². The van der Waals surface area contributed by atoms with Gasteiger partial charge in [-0.25, -0.2) is 9.98 Å². The normalized spacial score (nSPS) is 26.9. The number of nitrogens with one attached hydrogen (secondary N) is 2. The van der Waals surface area contributed by atoms with E-state index in [1.54, 1.807) is 0 Å². The van der Waals surface area contributed by atoms with Crippen LogP contribution in [-0.4, -0.2) is 37.0 Å². The Morgan fingerprint density at radius 2 is 1.83 bits per heavy atom. The summed E-state index contributed by atoms with van der Waals surface area (Å²) in [6, 6.07) is 0. The van der Waals surface area contributed by atoms with Gasteiger partial charge in [0.2, 0.25) is 0 Å². The van der Waals surface area contributed by atoms with Gasteiger partial charge in [-0.15, -0.1) is 0 Å². The largest absolute Gasteiger partial charge is 0.408 e. The Morgan fingerprint density at radius 1 is 1.22 bits per heavy atom. The lowest BCUT2D eigenvalue weighted by molar-refractivity contribution is -0.148. The van der Waals surface area contributed by atoms with Crippen molar-refractivity contribution in [1.29, 1.82) is 0 Å². The van der Waals surface area contributed by atoms with Crippen LogP contribution in [0.3, 0.4) is 0 Å². The van der Waals surface area contributed by atoms with E-state index < -0.39 is 37.1 Å². The van der Waals surface area contributed by atoms with Gasteiger partial charge in [-0.3, -0.25) is 5.73 Å². The van der Waals surface area contributed by atoms with Gasteiger partial charge in [0, 0.05) is 0 Å². The van der Waals surface area contributed by atoms with Gasteiger partial charge in [-0.2, -0.15) is 26.3 Å². The van der Waals surface area contributed by atoms with Crippen LogP contribution in [0, 0.1) is 0 Å². The second-order valence-corrected chi connectivity index (χ2v) is 3.52. The minimum absolute atomic E-state index is 0.519. The molecule has 5 nitrogen and oxygen atoms in total. The SMILES string of the molecule is NC1(CC(F)(F)F)N=CNC(=NCC(F)(F)F)N1. The average molecular weight is 277 g/mol. The molecule has 0 amide bonds. The van der Waals surface area contributed by atoms with E-state index in [1.807, 2.05) is 5.32 Å². The maximum atomic E-state index is 12.2. The predicted molar refractivity (Wildman–Crippen MR) is 50.7 cm³/mol. The Bertz CT molecular complexity index is 358. The summed E-state index contributed by atoms with van der Waals surface area (Å²) in [5, 5.41) is 4.09. The molecular formula is C7H9F6N5. The molecule has 0 radical (unpaired) electrons. The maximum absolute atomic E-state index is 12.2. The lowest BCUT2D eigenvalue weighted by Gasteiger charge is -2.31. The van der Waals surface area contributed by atoms with Gasteiger partial charge in [0.25, 0.3) is 0 Å². The Labute approximate surface area is 97.1 Å². The quantitative estimate of drug-likeness (QED) is 0.650. The second-order valence-electron chi connectivity index (χ2n) is 3.52. The zero-order valence-corrected chi connectivity index (χ0v) is 8.73. The molecule has 11 heteroatoms. The van der Waals surface area contributed by atoms with Crippen LogP contribution in [-0.2, 0) is 0 Å². The van der Waals surface area contributed by atoms with Crippen LogP contribution in [0.15, 0.2) is 9.98 Å². The van der Waals surface area contributed by atoms with Crippen molar-refractivity contribution in [1.82, 2.24) is 10.6 Å². The van der Waals surface area contributed by atoms with E-state index >= 15 is 0 Å². The number of nitrogens with two attached hydrogens (primary N) is 1. The zero-order valence-electron chi connectivity index (χ0n) is 8.73. The minimum atomic E-state index is -4.62. The van der Waals surface area contributed by atoms with E-state index in [9.17, 15) is 26.3 Å². The number of rotatable bonds is 2. The van der Waals surface area contributed by atoms with Crippen molar-refractivity contribution in [3.05, 3.63) is 0 Å². The topological polar surface area (TPSA) is 74.8 Å². The van der Waals surface area contributed by atoms with Crippen molar-refractivity contribution in [3.63, 3.8) is 0 Å². The minimum Gasteiger partial charge on any atom is -0.319 e. The molecule has 1 unspecified atom stereocenters. The van der Waals surface area contributed by atoms with Crippen LogP contribution in [0.25, 0.3) is 0 Å². The molecule has 18 heavy (non-hydrogen) atoms. The molecule has 0 aromatic carbocycles. The summed E-state index contributed by atoms with van der Waals surface area (Å²) in [5.74, 6) is -2.78. The molecule has 4 N–H and O–H groups in total. The van der Waals surface area contributed by atoms with Gasteiger partial charge in [-0.05, 0) is 0 Å². The Morgan fingerprint density at radius 3 is 2.33 bits per heavy atom. The van der Waals surface area contributed by atoms with E-state index in [-0.39, 0.29) is 0 Å². The maximum Gasteiger partial charge on any atom is 0.408 e. The molecule has 0 saturated carbocycles. The predicted octanol–water partition coefficient (Wildman–Crippen LogP) is 0.691. The van der Waals surface area contributed by atoms with Gasteiger partial charge >= 0.3 is 12.4 Å². The number of hydrogen-bond donors (Lipinski definition) is 3. The van der Waals surface area contributed by atoms with Gasteiger partial charge in [0.05, 0.1) is 6.34 Å². The molecule has 1 aliphatic heterocycles. The Balaban J connectivity index is 2.72. The van der Waals surface area contributed by atoms with Crippen molar-refractivity contribution in [2.24, 2.45) is 15.7 Å². The fraction of sp³-hybridized carbons (Fsp3) is 0.714. The lowest BCUT2D eigenvalue weighted by atomic mass is 10.2. The molecule has 0 spiro atoms. The van der Waals surface area contributed by atoms with Crippen LogP contribution in [0.4, 0.5) is 26.3 Å². The zero-order chi connectivity index (χ0) is 14.0. The van der Waals surface area contributed by atoms with E-state index in [0.717, 1.165) is 6.34 Å². The number of halogens is 6. The Kier molecular flexibility index (Phi) is 3.74. The number of alkyl halides is 6. The summed E-state index contributed by atoms with van der Waals surface area (Å²) in [6.45, 7) is -1.54. The molecule has 0 aromatic rings. The third-order valence-electron chi connectivity index (χ3n) is 1.72. The van der Waals surface area contributed by atoms with E-state index in [0.29, 0.717) is 0 Å². The summed E-state index contributed by atoms with van der Waals surface area (Å²) in [6.07, 6.45) is -9.96. The average Bonchev–Trinajstić information content (AvgIpc) is 2.09. The van der Waals surface area contributed by atoms with E-state index in [1.165, 1.54) is 0 Å². The monoisotopic (exact) mass is 277 g/mol. The van der Waals surface area contributed by atoms with Gasteiger partial charge in [-0.1, -0.05) is 0 Å². The van der Waals surface area contributed by atoms with Crippen molar-refractivity contribution >= 4 is 12.3 Å². The summed E-state index contributed by atoms with van der Waals surface area (Å²) in [5.41, 5.74) is 5.24. The molecule has 104 valence electrons. The second kappa shape index (κ2) is 4.63. The molecule has 0 bridgehead atoms. The van der Waals surface area contributed by atoms with Crippen LogP contribution in [0.1, 0.15) is 6.42 Å². The van der Waals surface area contributed by atoms with Crippen LogP contribution in [0.5, 0.6) is 0 Å². The first-order chi connectivity index (χ1) is 7.99. The first kappa shape index (κ1) is 14.5. The first-order valence-electron chi connectivity index (χ1n) is 4.54. The molecule has 1 atom stereocenters. The fourth-order valence-electron chi connectivity index (χ4n) is 1.13. The molecular weight excluding hydrogens is 268 g/mol. The highest BCUT2D eigenvalue weighted by atomic mass is 19.4. The highest BCUT2D eigenvalue weighted by Crippen LogP contribution is 2.26. The highest BCUT2D eigenvalue weighted by molar-refractivity contribution is 5.92.